The molecule has 0 heterocycles. The SMILES string of the molecule is CC/C=C\C/C=C\C/C=C\C/C=C\C/C=C\C/C=C\CCCCCCCCCCC(=O)OCC(COC(=O)CCCCCCCCCCCC)OC(=O)CCCCCCCCCCCCCC/C=C\C/C=C\C/C=C\C/C=C\CC. The second-order valence-corrected chi connectivity index (χ2v) is 22.0. The van der Waals surface area contributed by atoms with Gasteiger partial charge in [-0.15, -0.1) is 0 Å². The van der Waals surface area contributed by atoms with E-state index in [-0.39, 0.29) is 31.1 Å². The highest BCUT2D eigenvalue weighted by Gasteiger charge is 2.19. The number of carbonyl (C=O) groups is 3. The Kier molecular flexibility index (Phi) is 63.8. The number of hydrogen-bond donors (Lipinski definition) is 0. The molecule has 0 aromatic heterocycles. The first-order valence-electron chi connectivity index (χ1n) is 33.5. The molecule has 0 saturated carbocycles. The van der Waals surface area contributed by atoms with Crippen LogP contribution < -0.4 is 0 Å². The van der Waals surface area contributed by atoms with E-state index in [4.69, 9.17) is 14.2 Å². The van der Waals surface area contributed by atoms with Gasteiger partial charge >= 0.3 is 17.9 Å². The molecule has 1 unspecified atom stereocenters. The molecule has 0 aliphatic rings. The zero-order chi connectivity index (χ0) is 57.8. The molecule has 6 nitrogen and oxygen atoms in total. The summed E-state index contributed by atoms with van der Waals surface area (Å²) in [5.41, 5.74) is 0. The Morgan fingerprint density at radius 3 is 0.762 bits per heavy atom. The van der Waals surface area contributed by atoms with E-state index in [0.717, 1.165) is 128 Å². The predicted molar refractivity (Wildman–Crippen MR) is 348 cm³/mol. The van der Waals surface area contributed by atoms with Crippen molar-refractivity contribution in [1.29, 1.82) is 0 Å². The molecule has 0 aromatic carbocycles. The van der Waals surface area contributed by atoms with E-state index >= 15 is 0 Å². The summed E-state index contributed by atoms with van der Waals surface area (Å²) in [4.78, 5) is 38.3. The van der Waals surface area contributed by atoms with Crippen molar-refractivity contribution in [2.24, 2.45) is 0 Å². The third-order valence-electron chi connectivity index (χ3n) is 14.2. The summed E-state index contributed by atoms with van der Waals surface area (Å²) < 4.78 is 16.9. The van der Waals surface area contributed by atoms with Crippen molar-refractivity contribution in [2.45, 2.75) is 316 Å². The molecule has 0 amide bonds. The van der Waals surface area contributed by atoms with E-state index < -0.39 is 6.10 Å². The predicted octanol–water partition coefficient (Wildman–Crippen LogP) is 23.2. The topological polar surface area (TPSA) is 78.9 Å². The van der Waals surface area contributed by atoms with Crippen LogP contribution in [0.1, 0.15) is 310 Å². The maximum Gasteiger partial charge on any atom is 0.306 e. The minimum atomic E-state index is -0.784. The summed E-state index contributed by atoms with van der Waals surface area (Å²) >= 11 is 0. The van der Waals surface area contributed by atoms with Gasteiger partial charge in [-0.2, -0.15) is 0 Å². The van der Waals surface area contributed by atoms with Crippen LogP contribution in [0, 0.1) is 0 Å². The number of hydrogen-bond acceptors (Lipinski definition) is 6. The van der Waals surface area contributed by atoms with Crippen LogP contribution in [0.25, 0.3) is 0 Å². The largest absolute Gasteiger partial charge is 0.462 e. The number of unbranched alkanes of at least 4 members (excludes halogenated alkanes) is 29. The van der Waals surface area contributed by atoms with Gasteiger partial charge < -0.3 is 14.2 Å². The smallest absolute Gasteiger partial charge is 0.306 e. The van der Waals surface area contributed by atoms with Crippen molar-refractivity contribution in [1.82, 2.24) is 0 Å². The maximum absolute atomic E-state index is 12.9. The molecule has 80 heavy (non-hydrogen) atoms. The number of carbonyl (C=O) groups excluding carboxylic acids is 3. The molecule has 1 atom stereocenters. The first kappa shape index (κ1) is 75.8. The monoisotopic (exact) mass is 1110 g/mol. The van der Waals surface area contributed by atoms with Gasteiger partial charge in [0.25, 0.3) is 0 Å². The van der Waals surface area contributed by atoms with Gasteiger partial charge in [-0.1, -0.05) is 303 Å². The number of ether oxygens (including phenoxy) is 3. The van der Waals surface area contributed by atoms with Crippen molar-refractivity contribution in [3.05, 3.63) is 122 Å². The van der Waals surface area contributed by atoms with Crippen molar-refractivity contribution in [3.8, 4) is 0 Å². The number of allylic oxidation sites excluding steroid dienone is 20. The van der Waals surface area contributed by atoms with Gasteiger partial charge in [-0.05, 0) is 109 Å². The second-order valence-electron chi connectivity index (χ2n) is 22.0. The Balaban J connectivity index is 4.26. The molecule has 6 heteroatoms. The summed E-state index contributed by atoms with van der Waals surface area (Å²) in [6.45, 7) is 6.42. The van der Waals surface area contributed by atoms with E-state index in [1.165, 1.54) is 141 Å². The van der Waals surface area contributed by atoms with Crippen molar-refractivity contribution in [2.75, 3.05) is 13.2 Å². The second kappa shape index (κ2) is 67.3. The van der Waals surface area contributed by atoms with Crippen LogP contribution in [0.2, 0.25) is 0 Å². The zero-order valence-electron chi connectivity index (χ0n) is 52.3. The quantitative estimate of drug-likeness (QED) is 0.0261. The Morgan fingerprint density at radius 2 is 0.487 bits per heavy atom. The molecule has 0 saturated heterocycles. The Morgan fingerprint density at radius 1 is 0.263 bits per heavy atom. The average Bonchev–Trinajstić information content (AvgIpc) is 3.46. The highest BCUT2D eigenvalue weighted by molar-refractivity contribution is 5.71. The van der Waals surface area contributed by atoms with Gasteiger partial charge in [0.2, 0.25) is 0 Å². The van der Waals surface area contributed by atoms with Gasteiger partial charge in [-0.25, -0.2) is 0 Å². The van der Waals surface area contributed by atoms with Gasteiger partial charge in [0.15, 0.2) is 6.10 Å². The molecular weight excluding hydrogens is 985 g/mol. The van der Waals surface area contributed by atoms with Crippen LogP contribution in [0.5, 0.6) is 0 Å². The summed E-state index contributed by atoms with van der Waals surface area (Å²) in [7, 11) is 0. The van der Waals surface area contributed by atoms with Crippen LogP contribution in [-0.4, -0.2) is 37.2 Å². The molecule has 0 bridgehead atoms. The number of rotatable bonds is 60. The molecule has 0 aromatic rings. The Hall–Kier alpha value is -4.19. The lowest BCUT2D eigenvalue weighted by Crippen LogP contribution is -2.30. The summed E-state index contributed by atoms with van der Waals surface area (Å²) in [5, 5.41) is 0. The fourth-order valence-corrected chi connectivity index (χ4v) is 9.26. The molecular formula is C74H124O6. The van der Waals surface area contributed by atoms with Crippen LogP contribution in [0.15, 0.2) is 122 Å². The summed E-state index contributed by atoms with van der Waals surface area (Å²) in [6, 6.07) is 0. The van der Waals surface area contributed by atoms with Crippen molar-refractivity contribution < 1.29 is 28.6 Å². The standard InChI is InChI=1S/C74H124O6/c1-4-7-10-13-16-19-22-24-26-28-30-32-34-36-37-39-40-42-44-46-48-50-52-55-58-61-64-67-73(76)79-70-71(69-78-72(75)66-63-60-57-54-21-18-15-12-9-6-3)80-74(77)68-65-62-59-56-53-51-49-47-45-43-41-38-35-33-31-29-27-25-23-20-17-14-11-8-5-2/h7-8,10-11,16-17,19-20,24-27,30-33,36-37,40,42,71H,4-6,9,12-15,18,21-23,28-29,34-35,38-39,41,43-70H2,1-3H3/b10-7-,11-8-,19-16-,20-17-,26-24-,27-25-,32-30-,33-31-,37-36-,42-40-. The zero-order valence-corrected chi connectivity index (χ0v) is 52.3. The highest BCUT2D eigenvalue weighted by atomic mass is 16.6. The summed E-state index contributed by atoms with van der Waals surface area (Å²) in [5.74, 6) is -0.884. The lowest BCUT2D eigenvalue weighted by atomic mass is 10.0. The van der Waals surface area contributed by atoms with Gasteiger partial charge in [0.05, 0.1) is 0 Å². The first-order chi connectivity index (χ1) is 39.5. The van der Waals surface area contributed by atoms with Crippen molar-refractivity contribution in [3.63, 3.8) is 0 Å². The molecule has 0 radical (unpaired) electrons. The Bertz CT molecular complexity index is 1650. The number of esters is 3. The lowest BCUT2D eigenvalue weighted by molar-refractivity contribution is -0.167. The van der Waals surface area contributed by atoms with Crippen LogP contribution >= 0.6 is 0 Å². The van der Waals surface area contributed by atoms with Crippen LogP contribution in [0.4, 0.5) is 0 Å². The molecule has 456 valence electrons. The average molecular weight is 1110 g/mol. The van der Waals surface area contributed by atoms with Gasteiger partial charge in [-0.3, -0.25) is 14.4 Å². The maximum atomic E-state index is 12.9. The lowest BCUT2D eigenvalue weighted by Gasteiger charge is -2.18. The normalized spacial score (nSPS) is 12.9. The first-order valence-corrected chi connectivity index (χ1v) is 33.5. The molecule has 0 N–H and O–H groups in total. The fraction of sp³-hybridized carbons (Fsp3) is 0.689. The Labute approximate surface area is 494 Å². The van der Waals surface area contributed by atoms with E-state index in [1.807, 2.05) is 0 Å². The molecule has 0 rings (SSSR count). The van der Waals surface area contributed by atoms with Gasteiger partial charge in [0, 0.05) is 19.3 Å². The minimum absolute atomic E-state index is 0.0803. The highest BCUT2D eigenvalue weighted by Crippen LogP contribution is 2.16. The third kappa shape index (κ3) is 64.6. The third-order valence-corrected chi connectivity index (χ3v) is 14.2. The van der Waals surface area contributed by atoms with Crippen molar-refractivity contribution >= 4 is 17.9 Å². The van der Waals surface area contributed by atoms with Crippen LogP contribution in [0.3, 0.4) is 0 Å². The molecule has 0 fully saturated rings. The minimum Gasteiger partial charge on any atom is -0.462 e. The molecule has 0 aliphatic heterocycles. The van der Waals surface area contributed by atoms with E-state index in [1.54, 1.807) is 0 Å². The summed E-state index contributed by atoms with van der Waals surface area (Å²) in [6.07, 6.45) is 93.6. The van der Waals surface area contributed by atoms with E-state index in [2.05, 4.69) is 142 Å². The van der Waals surface area contributed by atoms with Gasteiger partial charge in [0.1, 0.15) is 13.2 Å². The van der Waals surface area contributed by atoms with E-state index in [0.29, 0.717) is 19.3 Å². The van der Waals surface area contributed by atoms with Crippen LogP contribution in [-0.2, 0) is 28.6 Å². The fourth-order valence-electron chi connectivity index (χ4n) is 9.26. The molecule has 0 spiro atoms. The van der Waals surface area contributed by atoms with E-state index in [9.17, 15) is 14.4 Å². The molecule has 0 aliphatic carbocycles.